The minimum Gasteiger partial charge on any atom is -0.396 e. The number of aliphatic hydroxyl groups excluding tert-OH is 1. The molecule has 8 nitrogen and oxygen atoms in total. The van der Waals surface area contributed by atoms with Crippen LogP contribution in [0.3, 0.4) is 0 Å². The molecule has 0 radical (unpaired) electrons. The summed E-state index contributed by atoms with van der Waals surface area (Å²) in [6.07, 6.45) is 5.16. The maximum atomic E-state index is 12.1. The third-order valence-corrected chi connectivity index (χ3v) is 3.45. The summed E-state index contributed by atoms with van der Waals surface area (Å²) >= 11 is 0. The van der Waals surface area contributed by atoms with Crippen molar-refractivity contribution in [1.29, 1.82) is 0 Å². The number of aliphatic hydroxyl groups is 1. The van der Waals surface area contributed by atoms with Crippen molar-refractivity contribution in [3.8, 4) is 5.69 Å². The minimum absolute atomic E-state index is 0.0577. The molecule has 0 saturated carbocycles. The second-order valence-corrected chi connectivity index (χ2v) is 5.26. The van der Waals surface area contributed by atoms with Gasteiger partial charge in [0.05, 0.1) is 11.3 Å². The summed E-state index contributed by atoms with van der Waals surface area (Å²) in [5, 5.41) is 22.8. The smallest absolute Gasteiger partial charge is 0.294 e. The molecule has 1 aromatic heterocycles. The van der Waals surface area contributed by atoms with Crippen molar-refractivity contribution in [2.24, 2.45) is 5.92 Å². The average molecular weight is 318 g/mol. The lowest BCUT2D eigenvalue weighted by molar-refractivity contribution is -0.384. The lowest BCUT2D eigenvalue weighted by Crippen LogP contribution is -2.28. The predicted molar refractivity (Wildman–Crippen MR) is 83.4 cm³/mol. The van der Waals surface area contributed by atoms with Gasteiger partial charge in [-0.05, 0) is 24.5 Å². The number of nitrogens with one attached hydrogen (secondary N) is 1. The van der Waals surface area contributed by atoms with E-state index in [0.717, 1.165) is 0 Å². The predicted octanol–water partition coefficient (Wildman–Crippen LogP) is 1.53. The van der Waals surface area contributed by atoms with Crippen LogP contribution in [0.15, 0.2) is 36.9 Å². The van der Waals surface area contributed by atoms with Gasteiger partial charge in [-0.25, -0.2) is 4.98 Å². The van der Waals surface area contributed by atoms with Crippen molar-refractivity contribution >= 4 is 11.6 Å². The third kappa shape index (κ3) is 4.13. The van der Waals surface area contributed by atoms with Crippen LogP contribution in [0, 0.1) is 16.0 Å². The number of rotatable bonds is 7. The summed E-state index contributed by atoms with van der Waals surface area (Å²) < 4.78 is 1.52. The molecule has 1 unspecified atom stereocenters. The molecular weight excluding hydrogens is 300 g/mol. The molecule has 2 N–H and O–H groups in total. The first-order valence-electron chi connectivity index (χ1n) is 7.18. The van der Waals surface area contributed by atoms with E-state index in [1.165, 1.54) is 35.3 Å². The molecule has 0 aliphatic rings. The lowest BCUT2D eigenvalue weighted by atomic mass is 10.1. The normalized spacial score (nSPS) is 11.9. The van der Waals surface area contributed by atoms with E-state index in [2.05, 4.69) is 10.3 Å². The fourth-order valence-electron chi connectivity index (χ4n) is 2.12. The largest absolute Gasteiger partial charge is 0.396 e. The fraction of sp³-hybridized carbons (Fsp3) is 0.333. The highest BCUT2D eigenvalue weighted by molar-refractivity contribution is 5.95. The maximum Gasteiger partial charge on any atom is 0.294 e. The topological polar surface area (TPSA) is 110 Å². The van der Waals surface area contributed by atoms with E-state index < -0.39 is 4.92 Å². The molecule has 0 fully saturated rings. The SMILES string of the molecule is CC(CCO)CNC(=O)c1ccc(-n2ccnc2)c([N+](=O)[O-])c1. The highest BCUT2D eigenvalue weighted by Crippen LogP contribution is 2.24. The molecule has 0 saturated heterocycles. The van der Waals surface area contributed by atoms with Crippen LogP contribution in [0.2, 0.25) is 0 Å². The maximum absolute atomic E-state index is 12.1. The molecule has 2 aromatic rings. The Balaban J connectivity index is 2.19. The molecule has 2 rings (SSSR count). The third-order valence-electron chi connectivity index (χ3n) is 3.45. The number of hydrogen-bond donors (Lipinski definition) is 2. The van der Waals surface area contributed by atoms with Crippen molar-refractivity contribution in [3.63, 3.8) is 0 Å². The molecule has 1 amide bonds. The van der Waals surface area contributed by atoms with Gasteiger partial charge in [0.1, 0.15) is 5.69 Å². The van der Waals surface area contributed by atoms with Crippen LogP contribution >= 0.6 is 0 Å². The molecule has 0 bridgehead atoms. The van der Waals surface area contributed by atoms with Gasteiger partial charge in [-0.15, -0.1) is 0 Å². The molecule has 23 heavy (non-hydrogen) atoms. The van der Waals surface area contributed by atoms with Gasteiger partial charge < -0.3 is 15.0 Å². The molecule has 8 heteroatoms. The zero-order valence-corrected chi connectivity index (χ0v) is 12.7. The fourth-order valence-corrected chi connectivity index (χ4v) is 2.12. The van der Waals surface area contributed by atoms with Crippen LogP contribution in [0.1, 0.15) is 23.7 Å². The second kappa shape index (κ2) is 7.50. The summed E-state index contributed by atoms with van der Waals surface area (Å²) in [6, 6.07) is 4.31. The van der Waals surface area contributed by atoms with E-state index in [9.17, 15) is 14.9 Å². The molecule has 1 aromatic carbocycles. The number of nitro benzene ring substituents is 1. The van der Waals surface area contributed by atoms with Crippen molar-refractivity contribution < 1.29 is 14.8 Å². The first-order chi connectivity index (χ1) is 11.0. The molecular formula is C15H18N4O4. The van der Waals surface area contributed by atoms with Crippen LogP contribution in [-0.2, 0) is 0 Å². The van der Waals surface area contributed by atoms with Gasteiger partial charge in [-0.1, -0.05) is 6.92 Å². The summed E-state index contributed by atoms with van der Waals surface area (Å²) in [5.74, 6) is -0.251. The quantitative estimate of drug-likeness (QED) is 0.594. The lowest BCUT2D eigenvalue weighted by Gasteiger charge is -2.11. The summed E-state index contributed by atoms with van der Waals surface area (Å²) in [7, 11) is 0. The van der Waals surface area contributed by atoms with Crippen LogP contribution in [0.4, 0.5) is 5.69 Å². The van der Waals surface area contributed by atoms with Gasteiger partial charge in [-0.2, -0.15) is 0 Å². The number of amides is 1. The van der Waals surface area contributed by atoms with Gasteiger partial charge in [0, 0.05) is 37.2 Å². The van der Waals surface area contributed by atoms with Gasteiger partial charge in [0.15, 0.2) is 0 Å². The summed E-state index contributed by atoms with van der Waals surface area (Å²) in [6.45, 7) is 2.36. The Kier molecular flexibility index (Phi) is 5.42. The Hall–Kier alpha value is -2.74. The first-order valence-corrected chi connectivity index (χ1v) is 7.18. The molecule has 1 atom stereocenters. The van der Waals surface area contributed by atoms with Crippen molar-refractivity contribution in [2.75, 3.05) is 13.2 Å². The number of carbonyl (C=O) groups excluding carboxylic acids is 1. The van der Waals surface area contributed by atoms with Crippen molar-refractivity contribution in [3.05, 3.63) is 52.6 Å². The van der Waals surface area contributed by atoms with E-state index in [1.54, 1.807) is 6.20 Å². The molecule has 1 heterocycles. The summed E-state index contributed by atoms with van der Waals surface area (Å²) in [4.78, 5) is 26.7. The van der Waals surface area contributed by atoms with Crippen molar-refractivity contribution in [2.45, 2.75) is 13.3 Å². The minimum atomic E-state index is -0.527. The van der Waals surface area contributed by atoms with Crippen LogP contribution in [0.25, 0.3) is 5.69 Å². The zero-order valence-electron chi connectivity index (χ0n) is 12.7. The van der Waals surface area contributed by atoms with E-state index >= 15 is 0 Å². The Morgan fingerprint density at radius 1 is 1.52 bits per heavy atom. The van der Waals surface area contributed by atoms with Crippen LogP contribution < -0.4 is 5.32 Å². The summed E-state index contributed by atoms with van der Waals surface area (Å²) in [5.41, 5.74) is 0.397. The first kappa shape index (κ1) is 16.6. The Bertz CT molecular complexity index is 685. The van der Waals surface area contributed by atoms with Crippen molar-refractivity contribution in [1.82, 2.24) is 14.9 Å². The van der Waals surface area contributed by atoms with Crippen LogP contribution in [0.5, 0.6) is 0 Å². The monoisotopic (exact) mass is 318 g/mol. The highest BCUT2D eigenvalue weighted by atomic mass is 16.6. The molecule has 0 spiro atoms. The molecule has 0 aliphatic carbocycles. The Morgan fingerprint density at radius 3 is 2.91 bits per heavy atom. The van der Waals surface area contributed by atoms with Gasteiger partial charge in [0.25, 0.3) is 11.6 Å². The highest BCUT2D eigenvalue weighted by Gasteiger charge is 2.18. The molecule has 0 aliphatic heterocycles. The number of aromatic nitrogens is 2. The number of nitro groups is 1. The van der Waals surface area contributed by atoms with E-state index in [1.807, 2.05) is 6.92 Å². The van der Waals surface area contributed by atoms with E-state index in [4.69, 9.17) is 5.11 Å². The molecule has 122 valence electrons. The Labute approximate surface area is 132 Å². The average Bonchev–Trinajstić information content (AvgIpc) is 3.06. The van der Waals surface area contributed by atoms with Gasteiger partial charge in [-0.3, -0.25) is 14.9 Å². The van der Waals surface area contributed by atoms with Gasteiger partial charge in [0.2, 0.25) is 0 Å². The van der Waals surface area contributed by atoms with E-state index in [0.29, 0.717) is 18.7 Å². The number of nitrogens with zero attached hydrogens (tertiary/aromatic N) is 3. The zero-order chi connectivity index (χ0) is 16.8. The number of hydrogen-bond acceptors (Lipinski definition) is 5. The number of carbonyl (C=O) groups is 1. The number of imidazole rings is 1. The standard InChI is InChI=1S/C15H18N4O4/c1-11(4-7-20)9-17-15(21)12-2-3-13(14(8-12)19(22)23)18-6-5-16-10-18/h2-3,5-6,8,10-11,20H,4,7,9H2,1H3,(H,17,21). The van der Waals surface area contributed by atoms with Crippen LogP contribution in [-0.4, -0.2) is 38.6 Å². The van der Waals surface area contributed by atoms with Gasteiger partial charge >= 0.3 is 0 Å². The second-order valence-electron chi connectivity index (χ2n) is 5.26. The van der Waals surface area contributed by atoms with E-state index in [-0.39, 0.29) is 29.7 Å². The Morgan fingerprint density at radius 2 is 2.30 bits per heavy atom. The number of benzene rings is 1.